The van der Waals surface area contributed by atoms with Crippen LogP contribution in [0, 0.1) is 5.92 Å². The van der Waals surface area contributed by atoms with E-state index in [-0.39, 0.29) is 5.91 Å². The van der Waals surface area contributed by atoms with Gasteiger partial charge in [-0.05, 0) is 5.92 Å². The summed E-state index contributed by atoms with van der Waals surface area (Å²) in [7, 11) is 0. The standard InChI is InChI=1S/C10H18N2O/c1-8(2)6-10(13)12-5-4-11-9(3)7-12/h8,11H,3-7H2,1-2H3. The first-order chi connectivity index (χ1) is 6.09. The Kier molecular flexibility index (Phi) is 3.34. The van der Waals surface area contributed by atoms with Crippen LogP contribution in [0.2, 0.25) is 0 Å². The molecule has 0 aliphatic carbocycles. The molecular formula is C10H18N2O. The topological polar surface area (TPSA) is 32.3 Å². The fourth-order valence-electron chi connectivity index (χ4n) is 1.42. The fourth-order valence-corrected chi connectivity index (χ4v) is 1.42. The summed E-state index contributed by atoms with van der Waals surface area (Å²) >= 11 is 0. The molecule has 1 amide bonds. The van der Waals surface area contributed by atoms with Crippen LogP contribution in [0.15, 0.2) is 12.3 Å². The molecule has 0 aromatic heterocycles. The van der Waals surface area contributed by atoms with Crippen molar-refractivity contribution in [2.45, 2.75) is 20.3 Å². The van der Waals surface area contributed by atoms with Gasteiger partial charge in [0.05, 0.1) is 6.54 Å². The maximum Gasteiger partial charge on any atom is 0.223 e. The Labute approximate surface area is 79.8 Å². The SMILES string of the molecule is C=C1CN(C(=O)CC(C)C)CCN1. The van der Waals surface area contributed by atoms with Crippen LogP contribution in [0.4, 0.5) is 0 Å². The highest BCUT2D eigenvalue weighted by Crippen LogP contribution is 2.07. The molecule has 1 N–H and O–H groups in total. The first-order valence-electron chi connectivity index (χ1n) is 4.79. The number of hydrogen-bond donors (Lipinski definition) is 1. The van der Waals surface area contributed by atoms with Crippen molar-refractivity contribution in [1.82, 2.24) is 10.2 Å². The summed E-state index contributed by atoms with van der Waals surface area (Å²) in [6.07, 6.45) is 0.646. The fraction of sp³-hybridized carbons (Fsp3) is 0.700. The van der Waals surface area contributed by atoms with Crippen LogP contribution < -0.4 is 5.32 Å². The van der Waals surface area contributed by atoms with Gasteiger partial charge >= 0.3 is 0 Å². The minimum atomic E-state index is 0.248. The van der Waals surface area contributed by atoms with E-state index in [1.165, 1.54) is 0 Å². The highest BCUT2D eigenvalue weighted by atomic mass is 16.2. The second-order valence-electron chi connectivity index (χ2n) is 3.94. The van der Waals surface area contributed by atoms with Crippen molar-refractivity contribution in [3.8, 4) is 0 Å². The average molecular weight is 182 g/mol. The van der Waals surface area contributed by atoms with Gasteiger partial charge in [-0.1, -0.05) is 20.4 Å². The predicted octanol–water partition coefficient (Wildman–Crippen LogP) is 0.978. The van der Waals surface area contributed by atoms with Gasteiger partial charge in [-0.25, -0.2) is 0 Å². The first kappa shape index (κ1) is 10.1. The van der Waals surface area contributed by atoms with Gasteiger partial charge in [0, 0.05) is 25.2 Å². The number of piperazine rings is 1. The highest BCUT2D eigenvalue weighted by Gasteiger charge is 2.18. The Morgan fingerprint density at radius 3 is 2.92 bits per heavy atom. The van der Waals surface area contributed by atoms with E-state index in [2.05, 4.69) is 25.7 Å². The number of carbonyl (C=O) groups excluding carboxylic acids is 1. The molecule has 3 heteroatoms. The minimum Gasteiger partial charge on any atom is -0.386 e. The van der Waals surface area contributed by atoms with E-state index in [1.807, 2.05) is 4.90 Å². The molecule has 3 nitrogen and oxygen atoms in total. The summed E-state index contributed by atoms with van der Waals surface area (Å²) in [4.78, 5) is 13.5. The van der Waals surface area contributed by atoms with Gasteiger partial charge in [-0.3, -0.25) is 4.79 Å². The van der Waals surface area contributed by atoms with Crippen molar-refractivity contribution >= 4 is 5.91 Å². The average Bonchev–Trinajstić information content (AvgIpc) is 2.03. The molecule has 0 aromatic carbocycles. The van der Waals surface area contributed by atoms with Gasteiger partial charge in [-0.2, -0.15) is 0 Å². The second kappa shape index (κ2) is 4.30. The Morgan fingerprint density at radius 2 is 2.38 bits per heavy atom. The number of nitrogens with one attached hydrogen (secondary N) is 1. The zero-order valence-electron chi connectivity index (χ0n) is 8.47. The molecule has 74 valence electrons. The highest BCUT2D eigenvalue weighted by molar-refractivity contribution is 5.76. The molecule has 1 aliphatic rings. The zero-order chi connectivity index (χ0) is 9.84. The summed E-state index contributed by atoms with van der Waals surface area (Å²) in [6, 6.07) is 0. The van der Waals surface area contributed by atoms with Gasteiger partial charge in [0.1, 0.15) is 0 Å². The molecule has 0 unspecified atom stereocenters. The van der Waals surface area contributed by atoms with Crippen LogP contribution >= 0.6 is 0 Å². The summed E-state index contributed by atoms with van der Waals surface area (Å²) in [5.41, 5.74) is 0.948. The lowest BCUT2D eigenvalue weighted by Crippen LogP contribution is -2.45. The van der Waals surface area contributed by atoms with E-state index in [9.17, 15) is 4.79 Å². The summed E-state index contributed by atoms with van der Waals surface area (Å²) in [6.45, 7) is 10.3. The Bertz CT molecular complexity index is 211. The molecule has 0 spiro atoms. The van der Waals surface area contributed by atoms with E-state index >= 15 is 0 Å². The van der Waals surface area contributed by atoms with Crippen LogP contribution in [0.25, 0.3) is 0 Å². The number of nitrogens with zero attached hydrogens (tertiary/aromatic N) is 1. The predicted molar refractivity (Wildman–Crippen MR) is 53.2 cm³/mol. The smallest absolute Gasteiger partial charge is 0.223 e. The molecule has 1 heterocycles. The van der Waals surface area contributed by atoms with Gasteiger partial charge in [0.25, 0.3) is 0 Å². The minimum absolute atomic E-state index is 0.248. The van der Waals surface area contributed by atoms with Crippen molar-refractivity contribution in [2.24, 2.45) is 5.92 Å². The Morgan fingerprint density at radius 1 is 1.69 bits per heavy atom. The van der Waals surface area contributed by atoms with Crippen molar-refractivity contribution in [2.75, 3.05) is 19.6 Å². The van der Waals surface area contributed by atoms with Gasteiger partial charge in [0.15, 0.2) is 0 Å². The number of hydrogen-bond acceptors (Lipinski definition) is 2. The van der Waals surface area contributed by atoms with Crippen molar-refractivity contribution in [1.29, 1.82) is 0 Å². The maximum absolute atomic E-state index is 11.6. The molecule has 0 aromatic rings. The van der Waals surface area contributed by atoms with Crippen LogP contribution in [0.3, 0.4) is 0 Å². The lowest BCUT2D eigenvalue weighted by Gasteiger charge is -2.29. The summed E-state index contributed by atoms with van der Waals surface area (Å²) < 4.78 is 0. The Hall–Kier alpha value is -0.990. The lowest BCUT2D eigenvalue weighted by atomic mass is 10.1. The molecule has 13 heavy (non-hydrogen) atoms. The van der Waals surface area contributed by atoms with E-state index in [1.54, 1.807) is 0 Å². The van der Waals surface area contributed by atoms with E-state index < -0.39 is 0 Å². The van der Waals surface area contributed by atoms with Crippen LogP contribution in [-0.4, -0.2) is 30.4 Å². The summed E-state index contributed by atoms with van der Waals surface area (Å²) in [5, 5.41) is 3.13. The Balaban J connectivity index is 2.41. The zero-order valence-corrected chi connectivity index (χ0v) is 8.47. The van der Waals surface area contributed by atoms with E-state index in [0.717, 1.165) is 18.8 Å². The third-order valence-corrected chi connectivity index (χ3v) is 2.07. The molecule has 0 atom stereocenters. The summed E-state index contributed by atoms with van der Waals surface area (Å²) in [5.74, 6) is 0.688. The number of amides is 1. The molecule has 0 radical (unpaired) electrons. The quantitative estimate of drug-likeness (QED) is 0.690. The maximum atomic E-state index is 11.6. The van der Waals surface area contributed by atoms with Crippen molar-refractivity contribution in [3.63, 3.8) is 0 Å². The molecule has 0 saturated carbocycles. The monoisotopic (exact) mass is 182 g/mol. The third kappa shape index (κ3) is 3.09. The number of carbonyl (C=O) groups is 1. The normalized spacial score (nSPS) is 17.5. The van der Waals surface area contributed by atoms with Gasteiger partial charge < -0.3 is 10.2 Å². The van der Waals surface area contributed by atoms with Gasteiger partial charge in [-0.15, -0.1) is 0 Å². The molecular weight excluding hydrogens is 164 g/mol. The number of rotatable bonds is 2. The molecule has 1 saturated heterocycles. The molecule has 1 aliphatic heterocycles. The largest absolute Gasteiger partial charge is 0.386 e. The van der Waals surface area contributed by atoms with Crippen molar-refractivity contribution < 1.29 is 4.79 Å². The van der Waals surface area contributed by atoms with E-state index in [4.69, 9.17) is 0 Å². The van der Waals surface area contributed by atoms with Crippen molar-refractivity contribution in [3.05, 3.63) is 12.3 Å². The van der Waals surface area contributed by atoms with Gasteiger partial charge in [0.2, 0.25) is 5.91 Å². The first-order valence-corrected chi connectivity index (χ1v) is 4.79. The molecule has 1 rings (SSSR count). The van der Waals surface area contributed by atoms with E-state index in [0.29, 0.717) is 18.9 Å². The van der Waals surface area contributed by atoms with Crippen LogP contribution in [-0.2, 0) is 4.79 Å². The molecule has 0 bridgehead atoms. The van der Waals surface area contributed by atoms with Crippen LogP contribution in [0.1, 0.15) is 20.3 Å². The third-order valence-electron chi connectivity index (χ3n) is 2.07. The lowest BCUT2D eigenvalue weighted by molar-refractivity contribution is -0.132. The molecule has 1 fully saturated rings. The second-order valence-corrected chi connectivity index (χ2v) is 3.94. The van der Waals surface area contributed by atoms with Crippen LogP contribution in [0.5, 0.6) is 0 Å².